The van der Waals surface area contributed by atoms with Crippen LogP contribution in [0, 0.1) is 6.92 Å². The molecular weight excluding hydrogens is 354 g/mol. The largest absolute Gasteiger partial charge is 0.352 e. The Labute approximate surface area is 165 Å². The smallest absolute Gasteiger partial charge is 0.254 e. The summed E-state index contributed by atoms with van der Waals surface area (Å²) in [6.07, 6.45) is 0.754. The lowest BCUT2D eigenvalue weighted by atomic mass is 10.1. The van der Waals surface area contributed by atoms with Gasteiger partial charge in [0.25, 0.3) is 5.91 Å². The number of hydrogen-bond donors (Lipinski definition) is 2. The molecule has 6 nitrogen and oxygen atoms in total. The molecule has 0 spiro atoms. The van der Waals surface area contributed by atoms with Crippen molar-refractivity contribution in [3.63, 3.8) is 0 Å². The van der Waals surface area contributed by atoms with E-state index in [9.17, 15) is 14.4 Å². The Kier molecular flexibility index (Phi) is 7.75. The summed E-state index contributed by atoms with van der Waals surface area (Å²) >= 11 is 0. The summed E-state index contributed by atoms with van der Waals surface area (Å²) in [6, 6.07) is 14.6. The summed E-state index contributed by atoms with van der Waals surface area (Å²) in [5.41, 5.74) is 3.15. The second kappa shape index (κ2) is 10.3. The molecule has 6 heteroatoms. The van der Waals surface area contributed by atoms with Gasteiger partial charge in [-0.3, -0.25) is 14.4 Å². The standard InChI is InChI=1S/C22H27N3O3/c1-4-13-25(15-21(27)24-20-8-6-5-7-16(20)2)22(28)19-11-9-18(10-12-19)14-23-17(3)26/h5-12H,4,13-15H2,1-3H3,(H,23,26)(H,24,27). The number of para-hydroxylation sites is 1. The second-order valence-electron chi connectivity index (χ2n) is 6.70. The maximum absolute atomic E-state index is 12.8. The lowest BCUT2D eigenvalue weighted by Crippen LogP contribution is -2.38. The van der Waals surface area contributed by atoms with Crippen LogP contribution >= 0.6 is 0 Å². The predicted molar refractivity (Wildman–Crippen MR) is 110 cm³/mol. The second-order valence-corrected chi connectivity index (χ2v) is 6.70. The van der Waals surface area contributed by atoms with Crippen LogP contribution in [0.2, 0.25) is 0 Å². The zero-order valence-corrected chi connectivity index (χ0v) is 16.6. The maximum atomic E-state index is 12.8. The van der Waals surface area contributed by atoms with Crippen LogP contribution in [0.4, 0.5) is 5.69 Å². The molecular formula is C22H27N3O3. The molecule has 0 saturated carbocycles. The zero-order valence-electron chi connectivity index (χ0n) is 16.6. The van der Waals surface area contributed by atoms with Crippen LogP contribution < -0.4 is 10.6 Å². The fourth-order valence-electron chi connectivity index (χ4n) is 2.77. The average molecular weight is 381 g/mol. The Morgan fingerprint density at radius 2 is 1.68 bits per heavy atom. The molecule has 0 atom stereocenters. The summed E-state index contributed by atoms with van der Waals surface area (Å²) in [6.45, 7) is 6.26. The molecule has 2 aromatic rings. The van der Waals surface area contributed by atoms with Gasteiger partial charge in [-0.05, 0) is 42.7 Å². The Bertz CT molecular complexity index is 831. The van der Waals surface area contributed by atoms with E-state index in [1.54, 1.807) is 29.2 Å². The van der Waals surface area contributed by atoms with Crippen LogP contribution in [0.15, 0.2) is 48.5 Å². The minimum Gasteiger partial charge on any atom is -0.352 e. The van der Waals surface area contributed by atoms with Crippen LogP contribution in [0.1, 0.15) is 41.8 Å². The van der Waals surface area contributed by atoms with E-state index in [4.69, 9.17) is 0 Å². The Morgan fingerprint density at radius 1 is 1.00 bits per heavy atom. The van der Waals surface area contributed by atoms with Crippen molar-refractivity contribution >= 4 is 23.4 Å². The molecule has 0 aliphatic carbocycles. The van der Waals surface area contributed by atoms with E-state index < -0.39 is 0 Å². The fourth-order valence-corrected chi connectivity index (χ4v) is 2.77. The van der Waals surface area contributed by atoms with E-state index in [1.165, 1.54) is 6.92 Å². The van der Waals surface area contributed by atoms with Gasteiger partial charge in [-0.1, -0.05) is 37.3 Å². The molecule has 0 aliphatic heterocycles. The molecule has 2 aromatic carbocycles. The molecule has 0 radical (unpaired) electrons. The summed E-state index contributed by atoms with van der Waals surface area (Å²) in [7, 11) is 0. The van der Waals surface area contributed by atoms with Gasteiger partial charge in [0.2, 0.25) is 11.8 Å². The molecule has 0 unspecified atom stereocenters. The SMILES string of the molecule is CCCN(CC(=O)Nc1ccccc1C)C(=O)c1ccc(CNC(C)=O)cc1. The van der Waals surface area contributed by atoms with Gasteiger partial charge in [0.15, 0.2) is 0 Å². The molecule has 0 aromatic heterocycles. The Morgan fingerprint density at radius 3 is 2.29 bits per heavy atom. The molecule has 2 rings (SSSR count). The van der Waals surface area contributed by atoms with Gasteiger partial charge >= 0.3 is 0 Å². The van der Waals surface area contributed by atoms with Crippen molar-refractivity contribution in [2.75, 3.05) is 18.4 Å². The van der Waals surface area contributed by atoms with Crippen LogP contribution in [0.5, 0.6) is 0 Å². The third-order valence-electron chi connectivity index (χ3n) is 4.28. The monoisotopic (exact) mass is 381 g/mol. The Hall–Kier alpha value is -3.15. The molecule has 148 valence electrons. The van der Waals surface area contributed by atoms with Gasteiger partial charge in [-0.2, -0.15) is 0 Å². The van der Waals surface area contributed by atoms with Crippen molar-refractivity contribution in [1.82, 2.24) is 10.2 Å². The molecule has 0 bridgehead atoms. The quantitative estimate of drug-likeness (QED) is 0.737. The van der Waals surface area contributed by atoms with Crippen LogP contribution in [0.25, 0.3) is 0 Å². The highest BCUT2D eigenvalue weighted by Crippen LogP contribution is 2.14. The zero-order chi connectivity index (χ0) is 20.5. The highest BCUT2D eigenvalue weighted by Gasteiger charge is 2.18. The Balaban J connectivity index is 2.03. The highest BCUT2D eigenvalue weighted by atomic mass is 16.2. The number of benzene rings is 2. The van der Waals surface area contributed by atoms with E-state index in [-0.39, 0.29) is 24.3 Å². The lowest BCUT2D eigenvalue weighted by Gasteiger charge is -2.22. The number of carbonyl (C=O) groups is 3. The summed E-state index contributed by atoms with van der Waals surface area (Å²) in [4.78, 5) is 37.8. The first kappa shape index (κ1) is 21.2. The number of nitrogens with one attached hydrogen (secondary N) is 2. The third kappa shape index (κ3) is 6.23. The van der Waals surface area contributed by atoms with E-state index >= 15 is 0 Å². The maximum Gasteiger partial charge on any atom is 0.254 e. The number of hydrogen-bond acceptors (Lipinski definition) is 3. The number of amides is 3. The minimum absolute atomic E-state index is 0.00531. The first-order valence-electron chi connectivity index (χ1n) is 9.38. The summed E-state index contributed by atoms with van der Waals surface area (Å²) in [5.74, 6) is -0.514. The fraction of sp³-hybridized carbons (Fsp3) is 0.318. The molecule has 0 fully saturated rings. The minimum atomic E-state index is -0.224. The highest BCUT2D eigenvalue weighted by molar-refractivity contribution is 5.99. The molecule has 3 amide bonds. The van der Waals surface area contributed by atoms with E-state index in [1.807, 2.05) is 38.1 Å². The molecule has 0 saturated heterocycles. The first-order chi connectivity index (χ1) is 13.4. The molecule has 0 aliphatic rings. The molecule has 2 N–H and O–H groups in total. The lowest BCUT2D eigenvalue weighted by molar-refractivity contribution is -0.119. The molecule has 0 heterocycles. The van der Waals surface area contributed by atoms with Crippen LogP contribution in [0.3, 0.4) is 0 Å². The number of aryl methyl sites for hydroxylation is 1. The summed E-state index contributed by atoms with van der Waals surface area (Å²) in [5, 5.41) is 5.59. The van der Waals surface area contributed by atoms with Crippen molar-refractivity contribution in [2.45, 2.75) is 33.7 Å². The van der Waals surface area contributed by atoms with Gasteiger partial charge in [-0.25, -0.2) is 0 Å². The number of carbonyl (C=O) groups excluding carboxylic acids is 3. The van der Waals surface area contributed by atoms with Gasteiger partial charge in [0, 0.05) is 31.3 Å². The van der Waals surface area contributed by atoms with Gasteiger partial charge < -0.3 is 15.5 Å². The topological polar surface area (TPSA) is 78.5 Å². The molecule has 28 heavy (non-hydrogen) atoms. The van der Waals surface area contributed by atoms with Crippen molar-refractivity contribution in [3.8, 4) is 0 Å². The van der Waals surface area contributed by atoms with Crippen molar-refractivity contribution in [2.24, 2.45) is 0 Å². The van der Waals surface area contributed by atoms with Crippen molar-refractivity contribution < 1.29 is 14.4 Å². The normalized spacial score (nSPS) is 10.2. The van der Waals surface area contributed by atoms with E-state index in [0.29, 0.717) is 18.7 Å². The number of rotatable bonds is 8. The predicted octanol–water partition coefficient (Wildman–Crippen LogP) is 3.12. The van der Waals surface area contributed by atoms with Crippen molar-refractivity contribution in [1.29, 1.82) is 0 Å². The van der Waals surface area contributed by atoms with Crippen LogP contribution in [-0.4, -0.2) is 35.7 Å². The number of anilines is 1. The van der Waals surface area contributed by atoms with E-state index in [2.05, 4.69) is 10.6 Å². The van der Waals surface area contributed by atoms with E-state index in [0.717, 1.165) is 23.2 Å². The third-order valence-corrected chi connectivity index (χ3v) is 4.28. The average Bonchev–Trinajstić information content (AvgIpc) is 2.67. The first-order valence-corrected chi connectivity index (χ1v) is 9.38. The summed E-state index contributed by atoms with van der Waals surface area (Å²) < 4.78 is 0. The van der Waals surface area contributed by atoms with Gasteiger partial charge in [0.05, 0.1) is 0 Å². The van der Waals surface area contributed by atoms with Crippen LogP contribution in [-0.2, 0) is 16.1 Å². The van der Waals surface area contributed by atoms with Crippen molar-refractivity contribution in [3.05, 3.63) is 65.2 Å². The van der Waals surface area contributed by atoms with Gasteiger partial charge in [-0.15, -0.1) is 0 Å². The number of nitrogens with zero attached hydrogens (tertiary/aromatic N) is 1. The van der Waals surface area contributed by atoms with Gasteiger partial charge in [0.1, 0.15) is 6.54 Å².